The molecule has 0 spiro atoms. The van der Waals surface area contributed by atoms with Crippen LogP contribution in [0.1, 0.15) is 31.2 Å². The molecule has 21 heavy (non-hydrogen) atoms. The summed E-state index contributed by atoms with van der Waals surface area (Å²) in [7, 11) is 2.30. The molecule has 4 rings (SSSR count). The van der Waals surface area contributed by atoms with E-state index in [2.05, 4.69) is 60.5 Å². The standard InChI is InChI=1S/C20H23N/c1-21-19-7-4-8-20(21)14-16(13-19)11-15-9-10-17-5-2-3-6-18(17)12-15/h2-3,5-6,9-10,12-13,19-20H,4,7-8,11,14H2,1H3. The number of hydrogen-bond acceptors (Lipinski definition) is 1. The second-order valence-electron chi connectivity index (χ2n) is 6.70. The first kappa shape index (κ1) is 13.1. The lowest BCUT2D eigenvalue weighted by Gasteiger charge is -2.42. The molecule has 1 fully saturated rings. The summed E-state index contributed by atoms with van der Waals surface area (Å²) >= 11 is 0. The van der Waals surface area contributed by atoms with Crippen molar-refractivity contribution in [3.63, 3.8) is 0 Å². The van der Waals surface area contributed by atoms with Crippen LogP contribution in [0.25, 0.3) is 10.8 Å². The van der Waals surface area contributed by atoms with Crippen molar-refractivity contribution in [2.24, 2.45) is 0 Å². The van der Waals surface area contributed by atoms with Gasteiger partial charge in [0.1, 0.15) is 0 Å². The smallest absolute Gasteiger partial charge is 0.0280 e. The average molecular weight is 277 g/mol. The fourth-order valence-corrected chi connectivity index (χ4v) is 4.07. The minimum Gasteiger partial charge on any atom is -0.297 e. The van der Waals surface area contributed by atoms with Crippen molar-refractivity contribution in [3.8, 4) is 0 Å². The number of fused-ring (bicyclic) bond motifs is 3. The zero-order chi connectivity index (χ0) is 14.2. The topological polar surface area (TPSA) is 3.24 Å². The van der Waals surface area contributed by atoms with Gasteiger partial charge in [-0.15, -0.1) is 0 Å². The maximum Gasteiger partial charge on any atom is 0.0280 e. The van der Waals surface area contributed by atoms with Crippen LogP contribution in [-0.2, 0) is 6.42 Å². The summed E-state index contributed by atoms with van der Waals surface area (Å²) in [5.74, 6) is 0. The first-order valence-corrected chi connectivity index (χ1v) is 8.19. The first-order chi connectivity index (χ1) is 10.3. The van der Waals surface area contributed by atoms with E-state index in [1.54, 1.807) is 5.57 Å². The number of rotatable bonds is 2. The number of likely N-dealkylation sites (N-methyl/N-ethyl adjacent to an activating group) is 1. The zero-order valence-electron chi connectivity index (χ0n) is 12.8. The second-order valence-corrected chi connectivity index (χ2v) is 6.70. The fraction of sp³-hybridized carbons (Fsp3) is 0.400. The minimum atomic E-state index is 0.688. The number of benzene rings is 2. The Balaban J connectivity index is 1.60. The SMILES string of the molecule is CN1C2C=C(Cc3ccc4ccccc4c3)CC1CCC2. The second kappa shape index (κ2) is 5.31. The predicted molar refractivity (Wildman–Crippen MR) is 89.5 cm³/mol. The number of nitrogens with zero attached hydrogens (tertiary/aromatic N) is 1. The molecule has 0 amide bonds. The predicted octanol–water partition coefficient (Wildman–Crippen LogP) is 4.57. The molecule has 2 atom stereocenters. The Kier molecular flexibility index (Phi) is 3.31. The molecule has 2 bridgehead atoms. The molecule has 2 aromatic rings. The monoisotopic (exact) mass is 277 g/mol. The van der Waals surface area contributed by atoms with Gasteiger partial charge >= 0.3 is 0 Å². The summed E-state index contributed by atoms with van der Waals surface area (Å²) in [6.45, 7) is 0. The summed E-state index contributed by atoms with van der Waals surface area (Å²) in [6.07, 6.45) is 9.06. The first-order valence-electron chi connectivity index (χ1n) is 8.19. The largest absolute Gasteiger partial charge is 0.297 e. The molecule has 108 valence electrons. The van der Waals surface area contributed by atoms with Crippen molar-refractivity contribution < 1.29 is 0 Å². The van der Waals surface area contributed by atoms with Gasteiger partial charge in [-0.3, -0.25) is 4.90 Å². The van der Waals surface area contributed by atoms with Gasteiger partial charge in [0.2, 0.25) is 0 Å². The summed E-state index contributed by atoms with van der Waals surface area (Å²) < 4.78 is 0. The summed E-state index contributed by atoms with van der Waals surface area (Å²) in [5.41, 5.74) is 3.11. The summed E-state index contributed by atoms with van der Waals surface area (Å²) in [6, 6.07) is 17.1. The molecule has 0 N–H and O–H groups in total. The molecule has 0 aliphatic carbocycles. The van der Waals surface area contributed by atoms with Crippen LogP contribution >= 0.6 is 0 Å². The normalized spacial score (nSPS) is 25.9. The van der Waals surface area contributed by atoms with E-state index >= 15 is 0 Å². The lowest BCUT2D eigenvalue weighted by atomic mass is 9.83. The van der Waals surface area contributed by atoms with E-state index in [9.17, 15) is 0 Å². The van der Waals surface area contributed by atoms with Crippen LogP contribution in [0.15, 0.2) is 54.1 Å². The average Bonchev–Trinajstić information content (AvgIpc) is 2.48. The molecule has 2 aliphatic heterocycles. The number of piperidine rings is 1. The van der Waals surface area contributed by atoms with Crippen LogP contribution < -0.4 is 0 Å². The van der Waals surface area contributed by atoms with Gasteiger partial charge in [-0.05, 0) is 49.1 Å². The van der Waals surface area contributed by atoms with Gasteiger partial charge in [0.15, 0.2) is 0 Å². The van der Waals surface area contributed by atoms with Gasteiger partial charge in [-0.1, -0.05) is 60.5 Å². The molecule has 1 heteroatoms. The van der Waals surface area contributed by atoms with E-state index in [0.717, 1.165) is 12.5 Å². The summed E-state index contributed by atoms with van der Waals surface area (Å²) in [5, 5.41) is 2.71. The van der Waals surface area contributed by atoms with Crippen molar-refractivity contribution in [2.75, 3.05) is 7.05 Å². The Hall–Kier alpha value is -1.60. The molecule has 2 aromatic carbocycles. The van der Waals surface area contributed by atoms with Crippen LogP contribution in [-0.4, -0.2) is 24.0 Å². The Bertz CT molecular complexity index is 685. The van der Waals surface area contributed by atoms with E-state index in [1.165, 1.54) is 42.0 Å². The van der Waals surface area contributed by atoms with Crippen molar-refractivity contribution in [1.29, 1.82) is 0 Å². The molecule has 1 nitrogen and oxygen atoms in total. The number of hydrogen-bond donors (Lipinski definition) is 0. The maximum absolute atomic E-state index is 2.59. The molecule has 0 radical (unpaired) electrons. The van der Waals surface area contributed by atoms with Crippen LogP contribution in [0.2, 0.25) is 0 Å². The third kappa shape index (κ3) is 2.51. The van der Waals surface area contributed by atoms with Crippen LogP contribution in [0.3, 0.4) is 0 Å². The van der Waals surface area contributed by atoms with Crippen molar-refractivity contribution in [3.05, 3.63) is 59.7 Å². The van der Waals surface area contributed by atoms with Gasteiger partial charge in [-0.25, -0.2) is 0 Å². The zero-order valence-corrected chi connectivity index (χ0v) is 12.8. The van der Waals surface area contributed by atoms with E-state index in [4.69, 9.17) is 0 Å². The van der Waals surface area contributed by atoms with Crippen LogP contribution in [0, 0.1) is 0 Å². The van der Waals surface area contributed by atoms with Crippen molar-refractivity contribution in [1.82, 2.24) is 4.90 Å². The minimum absolute atomic E-state index is 0.688. The molecule has 0 aromatic heterocycles. The highest BCUT2D eigenvalue weighted by Crippen LogP contribution is 2.33. The fourth-order valence-electron chi connectivity index (χ4n) is 4.07. The van der Waals surface area contributed by atoms with Crippen molar-refractivity contribution in [2.45, 2.75) is 44.2 Å². The molecule has 1 saturated heterocycles. The van der Waals surface area contributed by atoms with E-state index in [0.29, 0.717) is 6.04 Å². The highest BCUT2D eigenvalue weighted by atomic mass is 15.2. The lowest BCUT2D eigenvalue weighted by molar-refractivity contribution is 0.129. The molecule has 2 unspecified atom stereocenters. The molecular formula is C20H23N. The highest BCUT2D eigenvalue weighted by molar-refractivity contribution is 5.83. The highest BCUT2D eigenvalue weighted by Gasteiger charge is 2.30. The van der Waals surface area contributed by atoms with Gasteiger partial charge < -0.3 is 0 Å². The molecule has 0 saturated carbocycles. The summed E-state index contributed by atoms with van der Waals surface area (Å²) in [4.78, 5) is 2.59. The lowest BCUT2D eigenvalue weighted by Crippen LogP contribution is -2.46. The Morgan fingerprint density at radius 3 is 2.76 bits per heavy atom. The Labute approximate surface area is 127 Å². The van der Waals surface area contributed by atoms with E-state index < -0.39 is 0 Å². The van der Waals surface area contributed by atoms with Gasteiger partial charge in [0.25, 0.3) is 0 Å². The molecule has 2 heterocycles. The third-order valence-electron chi connectivity index (χ3n) is 5.31. The van der Waals surface area contributed by atoms with Crippen LogP contribution in [0.4, 0.5) is 0 Å². The van der Waals surface area contributed by atoms with Crippen LogP contribution in [0.5, 0.6) is 0 Å². The van der Waals surface area contributed by atoms with Gasteiger partial charge in [0.05, 0.1) is 0 Å². The van der Waals surface area contributed by atoms with E-state index in [1.807, 2.05) is 0 Å². The van der Waals surface area contributed by atoms with Crippen molar-refractivity contribution >= 4 is 10.8 Å². The van der Waals surface area contributed by atoms with Gasteiger partial charge in [-0.2, -0.15) is 0 Å². The molecular weight excluding hydrogens is 254 g/mol. The Morgan fingerprint density at radius 2 is 1.90 bits per heavy atom. The van der Waals surface area contributed by atoms with Gasteiger partial charge in [0, 0.05) is 12.1 Å². The van der Waals surface area contributed by atoms with E-state index in [-0.39, 0.29) is 0 Å². The Morgan fingerprint density at radius 1 is 1.05 bits per heavy atom. The maximum atomic E-state index is 2.59. The quantitative estimate of drug-likeness (QED) is 0.727. The third-order valence-corrected chi connectivity index (χ3v) is 5.31. The molecule has 2 aliphatic rings.